The Morgan fingerprint density at radius 1 is 1.41 bits per heavy atom. The summed E-state index contributed by atoms with van der Waals surface area (Å²) in [5.41, 5.74) is 3.11. The molecule has 1 aromatic carbocycles. The number of nitrogens with one attached hydrogen (secondary N) is 1. The van der Waals surface area contributed by atoms with E-state index in [1.807, 2.05) is 30.9 Å². The van der Waals surface area contributed by atoms with Crippen molar-refractivity contribution in [2.45, 2.75) is 26.8 Å². The first-order chi connectivity index (χ1) is 8.08. The highest BCUT2D eigenvalue weighted by Gasteiger charge is 2.22. The number of rotatable bonds is 1. The number of amides is 1. The molecule has 3 heteroatoms. The van der Waals surface area contributed by atoms with E-state index in [-0.39, 0.29) is 5.91 Å². The minimum Gasteiger partial charge on any atom is -0.336 e. The zero-order valence-electron chi connectivity index (χ0n) is 10.8. The van der Waals surface area contributed by atoms with E-state index in [2.05, 4.69) is 18.3 Å². The Morgan fingerprint density at radius 3 is 2.82 bits per heavy atom. The van der Waals surface area contributed by atoms with Gasteiger partial charge in [0.05, 0.1) is 0 Å². The van der Waals surface area contributed by atoms with Crippen LogP contribution in [-0.2, 0) is 0 Å². The third kappa shape index (κ3) is 2.67. The Morgan fingerprint density at radius 2 is 2.18 bits per heavy atom. The van der Waals surface area contributed by atoms with Gasteiger partial charge in [0.15, 0.2) is 0 Å². The Balaban J connectivity index is 2.18. The molecule has 1 amide bonds. The molecule has 1 heterocycles. The predicted molar refractivity (Wildman–Crippen MR) is 69.3 cm³/mol. The Bertz CT molecular complexity index is 428. The van der Waals surface area contributed by atoms with Crippen molar-refractivity contribution < 1.29 is 4.79 Å². The quantitative estimate of drug-likeness (QED) is 0.800. The van der Waals surface area contributed by atoms with Crippen molar-refractivity contribution in [1.29, 1.82) is 0 Å². The zero-order valence-corrected chi connectivity index (χ0v) is 10.8. The van der Waals surface area contributed by atoms with E-state index in [9.17, 15) is 4.79 Å². The average molecular weight is 232 g/mol. The van der Waals surface area contributed by atoms with Crippen molar-refractivity contribution in [3.8, 4) is 0 Å². The second-order valence-corrected chi connectivity index (χ2v) is 4.92. The monoisotopic (exact) mass is 232 g/mol. The van der Waals surface area contributed by atoms with Gasteiger partial charge in [0.1, 0.15) is 0 Å². The summed E-state index contributed by atoms with van der Waals surface area (Å²) in [6.07, 6.45) is 0. The number of aryl methyl sites for hydroxylation is 2. The van der Waals surface area contributed by atoms with Crippen molar-refractivity contribution in [3.63, 3.8) is 0 Å². The molecule has 1 fully saturated rings. The maximum absolute atomic E-state index is 12.4. The van der Waals surface area contributed by atoms with Crippen LogP contribution in [0.2, 0.25) is 0 Å². The molecule has 0 saturated carbocycles. The fraction of sp³-hybridized carbons (Fsp3) is 0.500. The summed E-state index contributed by atoms with van der Waals surface area (Å²) in [5, 5.41) is 3.35. The van der Waals surface area contributed by atoms with E-state index in [4.69, 9.17) is 0 Å². The fourth-order valence-corrected chi connectivity index (χ4v) is 2.34. The molecule has 17 heavy (non-hydrogen) atoms. The minimum absolute atomic E-state index is 0.163. The Hall–Kier alpha value is -1.35. The number of carbonyl (C=O) groups is 1. The van der Waals surface area contributed by atoms with Crippen LogP contribution >= 0.6 is 0 Å². The van der Waals surface area contributed by atoms with E-state index in [1.165, 1.54) is 5.56 Å². The second-order valence-electron chi connectivity index (χ2n) is 4.92. The largest absolute Gasteiger partial charge is 0.336 e. The third-order valence-electron chi connectivity index (χ3n) is 3.27. The summed E-state index contributed by atoms with van der Waals surface area (Å²) < 4.78 is 0. The molecule has 0 bridgehead atoms. The lowest BCUT2D eigenvalue weighted by Crippen LogP contribution is -2.51. The van der Waals surface area contributed by atoms with Gasteiger partial charge in [-0.3, -0.25) is 4.79 Å². The van der Waals surface area contributed by atoms with Crippen molar-refractivity contribution >= 4 is 5.91 Å². The van der Waals surface area contributed by atoms with Gasteiger partial charge in [-0.15, -0.1) is 0 Å². The lowest BCUT2D eigenvalue weighted by molar-refractivity contribution is 0.0708. The second kappa shape index (κ2) is 4.88. The summed E-state index contributed by atoms with van der Waals surface area (Å²) in [6, 6.07) is 6.41. The smallest absolute Gasteiger partial charge is 0.254 e. The van der Waals surface area contributed by atoms with Gasteiger partial charge in [-0.05, 0) is 32.4 Å². The summed E-state index contributed by atoms with van der Waals surface area (Å²) in [5.74, 6) is 0.163. The highest BCUT2D eigenvalue weighted by molar-refractivity contribution is 5.95. The number of hydrogen-bond acceptors (Lipinski definition) is 2. The van der Waals surface area contributed by atoms with Gasteiger partial charge in [0.25, 0.3) is 5.91 Å². The van der Waals surface area contributed by atoms with Gasteiger partial charge in [-0.1, -0.05) is 17.7 Å². The van der Waals surface area contributed by atoms with Crippen LogP contribution in [0.1, 0.15) is 28.4 Å². The normalized spacial score (nSPS) is 20.4. The SMILES string of the molecule is Cc1ccc(C(=O)N2CCNC(C)C2)c(C)c1. The summed E-state index contributed by atoms with van der Waals surface area (Å²) >= 11 is 0. The summed E-state index contributed by atoms with van der Waals surface area (Å²) in [4.78, 5) is 14.3. The molecular formula is C14H20N2O. The highest BCUT2D eigenvalue weighted by Crippen LogP contribution is 2.14. The fourth-order valence-electron chi connectivity index (χ4n) is 2.34. The average Bonchev–Trinajstić information content (AvgIpc) is 2.28. The molecule has 0 aromatic heterocycles. The lowest BCUT2D eigenvalue weighted by atomic mass is 10.0. The van der Waals surface area contributed by atoms with E-state index < -0.39 is 0 Å². The molecule has 1 unspecified atom stereocenters. The predicted octanol–water partition coefficient (Wildman–Crippen LogP) is 1.74. The van der Waals surface area contributed by atoms with Gasteiger partial charge in [-0.2, -0.15) is 0 Å². The number of hydrogen-bond donors (Lipinski definition) is 1. The molecule has 0 radical (unpaired) electrons. The van der Waals surface area contributed by atoms with Crippen LogP contribution in [0.4, 0.5) is 0 Å². The van der Waals surface area contributed by atoms with E-state index >= 15 is 0 Å². The number of piperazine rings is 1. The standard InChI is InChI=1S/C14H20N2O/c1-10-4-5-13(11(2)8-10)14(17)16-7-6-15-12(3)9-16/h4-5,8,12,15H,6-7,9H2,1-3H3. The molecule has 1 aliphatic rings. The van der Waals surface area contributed by atoms with Gasteiger partial charge >= 0.3 is 0 Å². The molecule has 1 saturated heterocycles. The molecule has 0 aliphatic carbocycles. The number of nitrogens with zero attached hydrogens (tertiary/aromatic N) is 1. The summed E-state index contributed by atoms with van der Waals surface area (Å²) in [7, 11) is 0. The van der Waals surface area contributed by atoms with E-state index in [1.54, 1.807) is 0 Å². The van der Waals surface area contributed by atoms with Gasteiger partial charge in [0.2, 0.25) is 0 Å². The Kier molecular flexibility index (Phi) is 3.48. The van der Waals surface area contributed by atoms with Crippen molar-refractivity contribution in [1.82, 2.24) is 10.2 Å². The van der Waals surface area contributed by atoms with E-state index in [0.717, 1.165) is 30.8 Å². The molecule has 1 aromatic rings. The van der Waals surface area contributed by atoms with Gasteiger partial charge in [0, 0.05) is 31.2 Å². The lowest BCUT2D eigenvalue weighted by Gasteiger charge is -2.32. The van der Waals surface area contributed by atoms with E-state index in [0.29, 0.717) is 6.04 Å². The van der Waals surface area contributed by atoms with Crippen molar-refractivity contribution in [3.05, 3.63) is 34.9 Å². The first-order valence-electron chi connectivity index (χ1n) is 6.18. The van der Waals surface area contributed by atoms with Crippen LogP contribution in [0, 0.1) is 13.8 Å². The number of carbonyl (C=O) groups excluding carboxylic acids is 1. The van der Waals surface area contributed by atoms with Crippen LogP contribution in [-0.4, -0.2) is 36.5 Å². The molecule has 1 atom stereocenters. The van der Waals surface area contributed by atoms with Crippen LogP contribution in [0.25, 0.3) is 0 Å². The highest BCUT2D eigenvalue weighted by atomic mass is 16.2. The van der Waals surface area contributed by atoms with Crippen LogP contribution in [0.3, 0.4) is 0 Å². The molecule has 1 aliphatic heterocycles. The number of benzene rings is 1. The third-order valence-corrected chi connectivity index (χ3v) is 3.27. The maximum atomic E-state index is 12.4. The first kappa shape index (κ1) is 12.1. The topological polar surface area (TPSA) is 32.3 Å². The van der Waals surface area contributed by atoms with Crippen LogP contribution in [0.15, 0.2) is 18.2 Å². The maximum Gasteiger partial charge on any atom is 0.254 e. The van der Waals surface area contributed by atoms with Gasteiger partial charge in [-0.25, -0.2) is 0 Å². The zero-order chi connectivity index (χ0) is 12.4. The molecule has 1 N–H and O–H groups in total. The molecule has 0 spiro atoms. The molecule has 92 valence electrons. The van der Waals surface area contributed by atoms with Crippen molar-refractivity contribution in [2.75, 3.05) is 19.6 Å². The van der Waals surface area contributed by atoms with Gasteiger partial charge < -0.3 is 10.2 Å². The molecular weight excluding hydrogens is 212 g/mol. The first-order valence-corrected chi connectivity index (χ1v) is 6.18. The van der Waals surface area contributed by atoms with Crippen LogP contribution in [0.5, 0.6) is 0 Å². The summed E-state index contributed by atoms with van der Waals surface area (Å²) in [6.45, 7) is 8.65. The molecule has 2 rings (SSSR count). The van der Waals surface area contributed by atoms with Crippen LogP contribution < -0.4 is 5.32 Å². The minimum atomic E-state index is 0.163. The Labute approximate surface area is 103 Å². The van der Waals surface area contributed by atoms with Crippen molar-refractivity contribution in [2.24, 2.45) is 0 Å². The molecule has 3 nitrogen and oxygen atoms in total.